The standard InChI is InChI=1S/C46H31N/c1-3-18-33(19-4-1)47(34-20-5-2-6-21-34)44-31-30-43(36-23-9-10-24-37(36)44)46-41-27-13-11-25-39(41)45(40-26-12-14-28-42(40)46)38-29-15-17-32-16-7-8-22-35(32)38/h1-31H. The fourth-order valence-corrected chi connectivity index (χ4v) is 7.43. The Balaban J connectivity index is 1.36. The highest BCUT2D eigenvalue weighted by molar-refractivity contribution is 6.25. The maximum Gasteiger partial charge on any atom is 0.0540 e. The minimum absolute atomic E-state index is 1.13. The number of anilines is 3. The van der Waals surface area contributed by atoms with Crippen LogP contribution in [-0.2, 0) is 0 Å². The van der Waals surface area contributed by atoms with Crippen LogP contribution in [0.15, 0.2) is 188 Å². The van der Waals surface area contributed by atoms with E-state index in [9.17, 15) is 0 Å². The molecule has 0 aliphatic carbocycles. The van der Waals surface area contributed by atoms with Crippen molar-refractivity contribution in [1.29, 1.82) is 0 Å². The highest BCUT2D eigenvalue weighted by Crippen LogP contribution is 2.48. The van der Waals surface area contributed by atoms with Gasteiger partial charge in [-0.3, -0.25) is 0 Å². The molecule has 0 aliphatic rings. The Kier molecular flexibility index (Phi) is 6.54. The van der Waals surface area contributed by atoms with Crippen LogP contribution < -0.4 is 4.90 Å². The second-order valence-corrected chi connectivity index (χ2v) is 12.1. The third-order valence-electron chi connectivity index (χ3n) is 9.43. The summed E-state index contributed by atoms with van der Waals surface area (Å²) < 4.78 is 0. The van der Waals surface area contributed by atoms with Crippen LogP contribution in [0.4, 0.5) is 17.1 Å². The third-order valence-corrected chi connectivity index (χ3v) is 9.43. The molecule has 9 rings (SSSR count). The Bertz CT molecular complexity index is 2470. The maximum absolute atomic E-state index is 2.37. The van der Waals surface area contributed by atoms with Crippen molar-refractivity contribution >= 4 is 60.2 Å². The Hall–Kier alpha value is -6.18. The molecule has 0 N–H and O–H groups in total. The average molecular weight is 598 g/mol. The van der Waals surface area contributed by atoms with Crippen molar-refractivity contribution in [3.05, 3.63) is 188 Å². The molecule has 0 aromatic heterocycles. The van der Waals surface area contributed by atoms with E-state index < -0.39 is 0 Å². The summed E-state index contributed by atoms with van der Waals surface area (Å²) >= 11 is 0. The zero-order valence-corrected chi connectivity index (χ0v) is 25.8. The minimum atomic E-state index is 1.13. The molecule has 0 spiro atoms. The van der Waals surface area contributed by atoms with Crippen molar-refractivity contribution in [1.82, 2.24) is 0 Å². The molecule has 0 saturated carbocycles. The molecule has 0 radical (unpaired) electrons. The number of hydrogen-bond donors (Lipinski definition) is 0. The number of rotatable bonds is 5. The second-order valence-electron chi connectivity index (χ2n) is 12.1. The third kappa shape index (κ3) is 4.47. The number of fused-ring (bicyclic) bond motifs is 4. The molecular formula is C46H31N. The monoisotopic (exact) mass is 597 g/mol. The quantitative estimate of drug-likeness (QED) is 0.178. The fourth-order valence-electron chi connectivity index (χ4n) is 7.43. The zero-order valence-electron chi connectivity index (χ0n) is 25.8. The predicted octanol–water partition coefficient (Wildman–Crippen LogP) is 13.1. The maximum atomic E-state index is 2.37. The Morgan fingerprint density at radius 3 is 1.21 bits per heavy atom. The second kappa shape index (κ2) is 11.3. The van der Waals surface area contributed by atoms with Gasteiger partial charge in [0.15, 0.2) is 0 Å². The lowest BCUT2D eigenvalue weighted by Gasteiger charge is -2.28. The molecule has 1 nitrogen and oxygen atoms in total. The van der Waals surface area contributed by atoms with E-state index in [0.29, 0.717) is 0 Å². The first kappa shape index (κ1) is 27.2. The highest BCUT2D eigenvalue weighted by atomic mass is 15.1. The van der Waals surface area contributed by atoms with Crippen LogP contribution in [0.2, 0.25) is 0 Å². The molecule has 47 heavy (non-hydrogen) atoms. The first-order valence-corrected chi connectivity index (χ1v) is 16.2. The van der Waals surface area contributed by atoms with Crippen molar-refractivity contribution in [3.63, 3.8) is 0 Å². The van der Waals surface area contributed by atoms with E-state index in [4.69, 9.17) is 0 Å². The van der Waals surface area contributed by atoms with E-state index in [0.717, 1.165) is 17.1 Å². The normalized spacial score (nSPS) is 11.4. The predicted molar refractivity (Wildman–Crippen MR) is 202 cm³/mol. The largest absolute Gasteiger partial charge is 0.310 e. The van der Waals surface area contributed by atoms with E-state index in [1.165, 1.54) is 65.3 Å². The van der Waals surface area contributed by atoms with Crippen LogP contribution in [0.5, 0.6) is 0 Å². The van der Waals surface area contributed by atoms with E-state index in [1.807, 2.05) is 0 Å². The Morgan fingerprint density at radius 2 is 0.660 bits per heavy atom. The van der Waals surface area contributed by atoms with Gasteiger partial charge in [0, 0.05) is 16.8 Å². The van der Waals surface area contributed by atoms with Crippen molar-refractivity contribution < 1.29 is 0 Å². The van der Waals surface area contributed by atoms with Gasteiger partial charge in [-0.05, 0) is 90.3 Å². The lowest BCUT2D eigenvalue weighted by Crippen LogP contribution is -2.10. The summed E-state index contributed by atoms with van der Waals surface area (Å²) in [6, 6.07) is 68.1. The molecule has 0 fully saturated rings. The van der Waals surface area contributed by atoms with Gasteiger partial charge in [-0.25, -0.2) is 0 Å². The number of nitrogens with zero attached hydrogens (tertiary/aromatic N) is 1. The first-order chi connectivity index (χ1) is 23.4. The smallest absolute Gasteiger partial charge is 0.0540 e. The van der Waals surface area contributed by atoms with Crippen LogP contribution in [0.25, 0.3) is 65.3 Å². The topological polar surface area (TPSA) is 3.24 Å². The Morgan fingerprint density at radius 1 is 0.255 bits per heavy atom. The van der Waals surface area contributed by atoms with Crippen molar-refractivity contribution in [3.8, 4) is 22.3 Å². The summed E-state index contributed by atoms with van der Waals surface area (Å²) in [5, 5.41) is 10.0. The van der Waals surface area contributed by atoms with Gasteiger partial charge in [0.25, 0.3) is 0 Å². The van der Waals surface area contributed by atoms with E-state index in [1.54, 1.807) is 0 Å². The molecule has 9 aromatic carbocycles. The van der Waals surface area contributed by atoms with E-state index in [-0.39, 0.29) is 0 Å². The lowest BCUT2D eigenvalue weighted by molar-refractivity contribution is 1.30. The van der Waals surface area contributed by atoms with Gasteiger partial charge in [0.1, 0.15) is 0 Å². The highest BCUT2D eigenvalue weighted by Gasteiger charge is 2.21. The summed E-state index contributed by atoms with van der Waals surface area (Å²) in [6.45, 7) is 0. The summed E-state index contributed by atoms with van der Waals surface area (Å²) in [4.78, 5) is 2.37. The van der Waals surface area contributed by atoms with Crippen LogP contribution in [-0.4, -0.2) is 0 Å². The molecule has 9 aromatic rings. The Labute approximate surface area is 274 Å². The molecule has 0 unspecified atom stereocenters. The van der Waals surface area contributed by atoms with E-state index >= 15 is 0 Å². The van der Waals surface area contributed by atoms with Crippen molar-refractivity contribution in [2.45, 2.75) is 0 Å². The minimum Gasteiger partial charge on any atom is -0.310 e. The summed E-state index contributed by atoms with van der Waals surface area (Å²) in [5.74, 6) is 0. The van der Waals surface area contributed by atoms with Gasteiger partial charge in [-0.2, -0.15) is 0 Å². The van der Waals surface area contributed by atoms with Gasteiger partial charge in [0.2, 0.25) is 0 Å². The summed E-state index contributed by atoms with van der Waals surface area (Å²) in [5.41, 5.74) is 8.48. The van der Waals surface area contributed by atoms with Gasteiger partial charge >= 0.3 is 0 Å². The van der Waals surface area contributed by atoms with Crippen molar-refractivity contribution in [2.75, 3.05) is 4.90 Å². The average Bonchev–Trinajstić information content (AvgIpc) is 3.15. The van der Waals surface area contributed by atoms with E-state index in [2.05, 4.69) is 193 Å². The number of benzene rings is 9. The lowest BCUT2D eigenvalue weighted by atomic mass is 9.83. The fraction of sp³-hybridized carbons (Fsp3) is 0. The molecule has 0 bridgehead atoms. The molecule has 0 saturated heterocycles. The SMILES string of the molecule is c1ccc(N(c2ccccc2)c2ccc(-c3c4ccccc4c(-c4cccc5ccccc45)c4ccccc34)c3ccccc23)cc1. The molecule has 0 amide bonds. The van der Waals surface area contributed by atoms with Crippen LogP contribution in [0.1, 0.15) is 0 Å². The van der Waals surface area contributed by atoms with Gasteiger partial charge in [-0.1, -0.05) is 158 Å². The number of para-hydroxylation sites is 2. The van der Waals surface area contributed by atoms with Crippen LogP contribution in [0.3, 0.4) is 0 Å². The van der Waals surface area contributed by atoms with Crippen LogP contribution >= 0.6 is 0 Å². The molecule has 0 aliphatic heterocycles. The first-order valence-electron chi connectivity index (χ1n) is 16.2. The van der Waals surface area contributed by atoms with Gasteiger partial charge in [-0.15, -0.1) is 0 Å². The van der Waals surface area contributed by atoms with Crippen LogP contribution in [0, 0.1) is 0 Å². The number of hydrogen-bond acceptors (Lipinski definition) is 1. The molecular weight excluding hydrogens is 567 g/mol. The van der Waals surface area contributed by atoms with Gasteiger partial charge < -0.3 is 4.90 Å². The molecule has 0 atom stereocenters. The molecule has 220 valence electrons. The summed E-state index contributed by atoms with van der Waals surface area (Å²) in [6.07, 6.45) is 0. The van der Waals surface area contributed by atoms with Gasteiger partial charge in [0.05, 0.1) is 5.69 Å². The van der Waals surface area contributed by atoms with Crippen molar-refractivity contribution in [2.24, 2.45) is 0 Å². The zero-order chi connectivity index (χ0) is 31.2. The summed E-state index contributed by atoms with van der Waals surface area (Å²) in [7, 11) is 0. The molecule has 1 heteroatoms. The molecule has 0 heterocycles.